The van der Waals surface area contributed by atoms with E-state index in [0.29, 0.717) is 17.6 Å². The molecule has 2 aliphatic rings. The molecule has 1 aliphatic carbocycles. The lowest BCUT2D eigenvalue weighted by atomic mass is 10.2. The van der Waals surface area contributed by atoms with Crippen LogP contribution in [0.4, 0.5) is 0 Å². The van der Waals surface area contributed by atoms with E-state index in [-0.39, 0.29) is 6.04 Å². The smallest absolute Gasteiger partial charge is 0.244 e. The van der Waals surface area contributed by atoms with E-state index < -0.39 is 0 Å². The van der Waals surface area contributed by atoms with Gasteiger partial charge < -0.3 is 9.09 Å². The van der Waals surface area contributed by atoms with Crippen molar-refractivity contribution in [1.29, 1.82) is 0 Å². The zero-order chi connectivity index (χ0) is 16.1. The lowest BCUT2D eigenvalue weighted by Gasteiger charge is -2.30. The summed E-state index contributed by atoms with van der Waals surface area (Å²) in [5.74, 6) is 4.19. The highest BCUT2D eigenvalue weighted by Crippen LogP contribution is 2.40. The molecule has 0 N–H and O–H groups in total. The number of fused-ring (bicyclic) bond motifs is 1. The van der Waals surface area contributed by atoms with Crippen LogP contribution in [0.5, 0.6) is 0 Å². The van der Waals surface area contributed by atoms with Crippen molar-refractivity contribution in [3.63, 3.8) is 0 Å². The lowest BCUT2D eigenvalue weighted by molar-refractivity contribution is 0.135. The largest absolute Gasteiger partial charge is 0.337 e. The summed E-state index contributed by atoms with van der Waals surface area (Å²) in [4.78, 5) is 7.93. The van der Waals surface area contributed by atoms with Crippen molar-refractivity contribution in [3.8, 4) is 10.7 Å². The monoisotopic (exact) mass is 342 g/mol. The summed E-state index contributed by atoms with van der Waals surface area (Å²) in [5, 5.41) is 14.9. The van der Waals surface area contributed by atoms with E-state index >= 15 is 0 Å². The van der Waals surface area contributed by atoms with Gasteiger partial charge >= 0.3 is 0 Å². The molecule has 0 amide bonds. The van der Waals surface area contributed by atoms with E-state index in [4.69, 9.17) is 4.52 Å². The van der Waals surface area contributed by atoms with Crippen LogP contribution >= 0.6 is 11.3 Å². The van der Waals surface area contributed by atoms with Gasteiger partial charge in [-0.2, -0.15) is 4.98 Å². The van der Waals surface area contributed by atoms with Gasteiger partial charge in [-0.15, -0.1) is 21.5 Å². The summed E-state index contributed by atoms with van der Waals surface area (Å²) in [6.45, 7) is 4.77. The molecule has 124 valence electrons. The maximum atomic E-state index is 5.51. The molecule has 1 aliphatic heterocycles. The van der Waals surface area contributed by atoms with Gasteiger partial charge in [0, 0.05) is 19.0 Å². The van der Waals surface area contributed by atoms with E-state index in [1.54, 1.807) is 11.3 Å². The minimum atomic E-state index is 0.0704. The molecule has 5 rings (SSSR count). The molecular weight excluding hydrogens is 324 g/mol. The Morgan fingerprint density at radius 1 is 1.29 bits per heavy atom. The Morgan fingerprint density at radius 2 is 2.21 bits per heavy atom. The summed E-state index contributed by atoms with van der Waals surface area (Å²) in [6.07, 6.45) is 2.51. The first-order valence-electron chi connectivity index (χ1n) is 8.33. The van der Waals surface area contributed by atoms with Crippen LogP contribution in [-0.2, 0) is 13.1 Å². The Morgan fingerprint density at radius 3 is 3.00 bits per heavy atom. The van der Waals surface area contributed by atoms with Crippen molar-refractivity contribution in [2.45, 2.75) is 44.8 Å². The van der Waals surface area contributed by atoms with Gasteiger partial charge in [0.1, 0.15) is 11.6 Å². The topological polar surface area (TPSA) is 72.9 Å². The summed E-state index contributed by atoms with van der Waals surface area (Å²) >= 11 is 1.62. The molecule has 0 unspecified atom stereocenters. The molecule has 4 heterocycles. The van der Waals surface area contributed by atoms with Crippen LogP contribution < -0.4 is 0 Å². The number of hydrogen-bond acceptors (Lipinski definition) is 7. The SMILES string of the molecule is C[C@@H](c1nc(-c2cccs2)no1)N1CCn2c(nnc2C2CC2)C1. The Hall–Kier alpha value is -2.06. The molecule has 0 spiro atoms. The molecule has 1 atom stereocenters. The second kappa shape index (κ2) is 5.49. The van der Waals surface area contributed by atoms with E-state index in [1.807, 2.05) is 17.5 Å². The molecule has 0 bridgehead atoms. The van der Waals surface area contributed by atoms with Crippen LogP contribution in [0, 0.1) is 0 Å². The Bertz CT molecular complexity index is 850. The molecule has 1 fully saturated rings. The molecule has 0 saturated heterocycles. The van der Waals surface area contributed by atoms with Gasteiger partial charge in [0.25, 0.3) is 0 Å². The molecule has 1 saturated carbocycles. The molecule has 8 heteroatoms. The molecule has 0 radical (unpaired) electrons. The Kier molecular flexibility index (Phi) is 3.27. The summed E-state index contributed by atoms with van der Waals surface area (Å²) in [5.41, 5.74) is 0. The van der Waals surface area contributed by atoms with Crippen molar-refractivity contribution in [1.82, 2.24) is 29.8 Å². The number of aromatic nitrogens is 5. The lowest BCUT2D eigenvalue weighted by Crippen LogP contribution is -2.36. The van der Waals surface area contributed by atoms with Crippen LogP contribution in [0.2, 0.25) is 0 Å². The van der Waals surface area contributed by atoms with Crippen LogP contribution in [0.15, 0.2) is 22.0 Å². The molecule has 3 aromatic rings. The first-order valence-corrected chi connectivity index (χ1v) is 9.21. The predicted octanol–water partition coefficient (Wildman–Crippen LogP) is 2.84. The molecule has 0 aromatic carbocycles. The second-order valence-electron chi connectivity index (χ2n) is 6.48. The quantitative estimate of drug-likeness (QED) is 0.726. The van der Waals surface area contributed by atoms with Gasteiger partial charge in [0.05, 0.1) is 17.5 Å². The third-order valence-corrected chi connectivity index (χ3v) is 5.71. The first-order chi connectivity index (χ1) is 11.8. The normalized spacial score (nSPS) is 19.4. The van der Waals surface area contributed by atoms with Crippen molar-refractivity contribution < 1.29 is 4.52 Å². The maximum absolute atomic E-state index is 5.51. The van der Waals surface area contributed by atoms with Crippen molar-refractivity contribution in [3.05, 3.63) is 35.1 Å². The highest BCUT2D eigenvalue weighted by Gasteiger charge is 2.33. The van der Waals surface area contributed by atoms with Crippen LogP contribution in [0.25, 0.3) is 10.7 Å². The van der Waals surface area contributed by atoms with Crippen molar-refractivity contribution >= 4 is 11.3 Å². The molecular formula is C16H18N6OS. The number of rotatable bonds is 4. The van der Waals surface area contributed by atoms with Crippen molar-refractivity contribution in [2.24, 2.45) is 0 Å². The van der Waals surface area contributed by atoms with Gasteiger partial charge in [-0.1, -0.05) is 11.2 Å². The van der Waals surface area contributed by atoms with Crippen molar-refractivity contribution in [2.75, 3.05) is 6.54 Å². The molecule has 24 heavy (non-hydrogen) atoms. The molecule has 3 aromatic heterocycles. The summed E-state index contributed by atoms with van der Waals surface area (Å²) < 4.78 is 7.80. The zero-order valence-electron chi connectivity index (χ0n) is 13.4. The Labute approximate surface area is 143 Å². The third kappa shape index (κ3) is 2.37. The standard InChI is InChI=1S/C16H18N6OS/c1-10(16-17-14(20-23-16)12-3-2-8-24-12)21-6-7-22-13(9-21)18-19-15(22)11-4-5-11/h2-3,8,10-11H,4-7,9H2,1H3/t10-/m0/s1. The average Bonchev–Trinajstić information content (AvgIpc) is 3.06. The average molecular weight is 342 g/mol. The summed E-state index contributed by atoms with van der Waals surface area (Å²) in [6, 6.07) is 4.07. The van der Waals surface area contributed by atoms with Crippen LogP contribution in [-0.4, -0.2) is 36.3 Å². The minimum Gasteiger partial charge on any atom is -0.337 e. The number of thiophene rings is 1. The minimum absolute atomic E-state index is 0.0704. The zero-order valence-corrected chi connectivity index (χ0v) is 14.2. The van der Waals surface area contributed by atoms with E-state index in [1.165, 1.54) is 18.7 Å². The first kappa shape index (κ1) is 14.3. The highest BCUT2D eigenvalue weighted by atomic mass is 32.1. The van der Waals surface area contributed by atoms with Crippen LogP contribution in [0.3, 0.4) is 0 Å². The van der Waals surface area contributed by atoms with Gasteiger partial charge in [0.15, 0.2) is 0 Å². The number of hydrogen-bond donors (Lipinski definition) is 0. The Balaban J connectivity index is 1.35. The maximum Gasteiger partial charge on any atom is 0.244 e. The number of nitrogens with zero attached hydrogens (tertiary/aromatic N) is 6. The van der Waals surface area contributed by atoms with E-state index in [9.17, 15) is 0 Å². The second-order valence-corrected chi connectivity index (χ2v) is 7.43. The van der Waals surface area contributed by atoms with Crippen LogP contribution in [0.1, 0.15) is 49.3 Å². The van der Waals surface area contributed by atoms with Gasteiger partial charge in [-0.25, -0.2) is 0 Å². The van der Waals surface area contributed by atoms with E-state index in [2.05, 4.69) is 36.7 Å². The van der Waals surface area contributed by atoms with E-state index in [0.717, 1.165) is 30.3 Å². The van der Waals surface area contributed by atoms with Gasteiger partial charge in [-0.3, -0.25) is 4.90 Å². The summed E-state index contributed by atoms with van der Waals surface area (Å²) in [7, 11) is 0. The van der Waals surface area contributed by atoms with Gasteiger partial charge in [0.2, 0.25) is 11.7 Å². The highest BCUT2D eigenvalue weighted by molar-refractivity contribution is 7.13. The predicted molar refractivity (Wildman–Crippen MR) is 88.4 cm³/mol. The fourth-order valence-electron chi connectivity index (χ4n) is 3.24. The third-order valence-electron chi connectivity index (χ3n) is 4.84. The fraction of sp³-hybridized carbons (Fsp3) is 0.500. The fourth-order valence-corrected chi connectivity index (χ4v) is 3.89. The van der Waals surface area contributed by atoms with Gasteiger partial charge in [-0.05, 0) is 31.2 Å². The molecule has 7 nitrogen and oxygen atoms in total.